The smallest absolute Gasteiger partial charge is 0.407 e. The second-order valence-corrected chi connectivity index (χ2v) is 6.14. The molecular formula is C21H19N3O5. The predicted octanol–water partition coefficient (Wildman–Crippen LogP) is 3.17. The van der Waals surface area contributed by atoms with Crippen molar-refractivity contribution in [1.29, 1.82) is 0 Å². The SMILES string of the molecule is O=C(NCc1ccc(C(=O)Nc2ccc(O)cc2O)cc1)OCc1cccnc1. The number of carbonyl (C=O) groups is 2. The number of phenolic OH excluding ortho intramolecular Hbond substituents is 2. The Morgan fingerprint density at radius 1 is 1.00 bits per heavy atom. The average molecular weight is 393 g/mol. The van der Waals surface area contributed by atoms with Crippen LogP contribution in [0.15, 0.2) is 67.0 Å². The molecular weight excluding hydrogens is 374 g/mol. The second kappa shape index (κ2) is 9.23. The highest BCUT2D eigenvalue weighted by Crippen LogP contribution is 2.27. The maximum absolute atomic E-state index is 12.3. The zero-order valence-electron chi connectivity index (χ0n) is 15.3. The summed E-state index contributed by atoms with van der Waals surface area (Å²) in [5, 5.41) is 24.2. The number of benzene rings is 2. The topological polar surface area (TPSA) is 121 Å². The molecule has 0 unspecified atom stereocenters. The molecule has 1 aromatic heterocycles. The van der Waals surface area contributed by atoms with Crippen LogP contribution in [0.1, 0.15) is 21.5 Å². The molecule has 0 radical (unpaired) electrons. The Kier molecular flexibility index (Phi) is 6.26. The molecule has 0 aliphatic heterocycles. The number of pyridine rings is 1. The lowest BCUT2D eigenvalue weighted by molar-refractivity contribution is 0.102. The van der Waals surface area contributed by atoms with Gasteiger partial charge < -0.3 is 25.6 Å². The van der Waals surface area contributed by atoms with Crippen molar-refractivity contribution in [3.05, 3.63) is 83.7 Å². The lowest BCUT2D eigenvalue weighted by Crippen LogP contribution is -2.23. The zero-order chi connectivity index (χ0) is 20.6. The maximum atomic E-state index is 12.3. The minimum Gasteiger partial charge on any atom is -0.508 e. The summed E-state index contributed by atoms with van der Waals surface area (Å²) in [5.41, 5.74) is 2.14. The number of aromatic nitrogens is 1. The van der Waals surface area contributed by atoms with E-state index in [1.807, 2.05) is 6.07 Å². The lowest BCUT2D eigenvalue weighted by atomic mass is 10.1. The lowest BCUT2D eigenvalue weighted by Gasteiger charge is -2.09. The van der Waals surface area contributed by atoms with Gasteiger partial charge in [-0.25, -0.2) is 4.79 Å². The molecule has 0 bridgehead atoms. The van der Waals surface area contributed by atoms with E-state index >= 15 is 0 Å². The Morgan fingerprint density at radius 2 is 1.79 bits per heavy atom. The Balaban J connectivity index is 1.49. The van der Waals surface area contributed by atoms with Crippen molar-refractivity contribution in [2.75, 3.05) is 5.32 Å². The van der Waals surface area contributed by atoms with Crippen LogP contribution in [0.5, 0.6) is 11.5 Å². The molecule has 0 aliphatic rings. The minimum absolute atomic E-state index is 0.101. The molecule has 0 spiro atoms. The fraction of sp³-hybridized carbons (Fsp3) is 0.0952. The molecule has 3 aromatic rings. The third-order valence-electron chi connectivity index (χ3n) is 3.98. The van der Waals surface area contributed by atoms with E-state index in [1.165, 1.54) is 12.1 Å². The molecule has 4 N–H and O–H groups in total. The first-order chi connectivity index (χ1) is 14.0. The van der Waals surface area contributed by atoms with Gasteiger partial charge in [0.15, 0.2) is 0 Å². The third-order valence-corrected chi connectivity index (χ3v) is 3.98. The van der Waals surface area contributed by atoms with Crippen LogP contribution >= 0.6 is 0 Å². The molecule has 8 heteroatoms. The summed E-state index contributed by atoms with van der Waals surface area (Å²) >= 11 is 0. The number of aromatic hydroxyl groups is 2. The first kappa shape index (κ1) is 19.7. The summed E-state index contributed by atoms with van der Waals surface area (Å²) in [6.07, 6.45) is 2.70. The molecule has 0 aliphatic carbocycles. The van der Waals surface area contributed by atoms with Crippen molar-refractivity contribution >= 4 is 17.7 Å². The van der Waals surface area contributed by atoms with Crippen LogP contribution in [-0.4, -0.2) is 27.2 Å². The van der Waals surface area contributed by atoms with Crippen LogP contribution in [0.2, 0.25) is 0 Å². The minimum atomic E-state index is -0.557. The molecule has 1 heterocycles. The molecule has 2 aromatic carbocycles. The quantitative estimate of drug-likeness (QED) is 0.377. The number of hydrogen-bond donors (Lipinski definition) is 4. The van der Waals surface area contributed by atoms with Gasteiger partial charge in [-0.3, -0.25) is 9.78 Å². The third kappa shape index (κ3) is 5.70. The van der Waals surface area contributed by atoms with Crippen molar-refractivity contribution in [3.63, 3.8) is 0 Å². The Hall–Kier alpha value is -4.07. The van der Waals surface area contributed by atoms with Crippen LogP contribution in [-0.2, 0) is 17.9 Å². The number of nitrogens with zero attached hydrogens (tertiary/aromatic N) is 1. The summed E-state index contributed by atoms with van der Waals surface area (Å²) < 4.78 is 5.10. The van der Waals surface area contributed by atoms with Crippen LogP contribution < -0.4 is 10.6 Å². The van der Waals surface area contributed by atoms with Gasteiger partial charge in [0.25, 0.3) is 5.91 Å². The van der Waals surface area contributed by atoms with E-state index in [0.717, 1.165) is 17.2 Å². The van der Waals surface area contributed by atoms with Crippen LogP contribution in [0.25, 0.3) is 0 Å². The van der Waals surface area contributed by atoms with Crippen molar-refractivity contribution in [2.24, 2.45) is 0 Å². The summed E-state index contributed by atoms with van der Waals surface area (Å²) in [5.74, 6) is -0.748. The van der Waals surface area contributed by atoms with Gasteiger partial charge >= 0.3 is 6.09 Å². The summed E-state index contributed by atoms with van der Waals surface area (Å²) in [4.78, 5) is 28.0. The van der Waals surface area contributed by atoms with Gasteiger partial charge in [0.2, 0.25) is 0 Å². The van der Waals surface area contributed by atoms with Crippen molar-refractivity contribution in [3.8, 4) is 11.5 Å². The maximum Gasteiger partial charge on any atom is 0.407 e. The summed E-state index contributed by atoms with van der Waals surface area (Å²) in [7, 11) is 0. The van der Waals surface area contributed by atoms with Crippen molar-refractivity contribution in [2.45, 2.75) is 13.2 Å². The molecule has 3 rings (SSSR count). The van der Waals surface area contributed by atoms with Crippen LogP contribution in [0.3, 0.4) is 0 Å². The standard InChI is InChI=1S/C21H19N3O5/c25-17-7-8-18(19(26)10-17)24-20(27)16-5-3-14(4-6-16)12-23-21(28)29-13-15-2-1-9-22-11-15/h1-11,25-26H,12-13H2,(H,23,28)(H,24,27). The van der Waals surface area contributed by atoms with E-state index < -0.39 is 12.0 Å². The van der Waals surface area contributed by atoms with Crippen LogP contribution in [0, 0.1) is 0 Å². The number of carbonyl (C=O) groups excluding carboxylic acids is 2. The molecule has 8 nitrogen and oxygen atoms in total. The molecule has 148 valence electrons. The zero-order valence-corrected chi connectivity index (χ0v) is 15.3. The normalized spacial score (nSPS) is 10.2. The number of ether oxygens (including phenoxy) is 1. The second-order valence-electron chi connectivity index (χ2n) is 6.14. The van der Waals surface area contributed by atoms with E-state index in [4.69, 9.17) is 4.74 Å². The van der Waals surface area contributed by atoms with Gasteiger partial charge in [-0.1, -0.05) is 18.2 Å². The van der Waals surface area contributed by atoms with Gasteiger partial charge in [0, 0.05) is 36.1 Å². The van der Waals surface area contributed by atoms with E-state index in [2.05, 4.69) is 15.6 Å². The number of rotatable bonds is 6. The number of alkyl carbamates (subject to hydrolysis) is 1. The Labute approximate surface area is 166 Å². The number of nitrogens with one attached hydrogen (secondary N) is 2. The fourth-order valence-electron chi connectivity index (χ4n) is 2.45. The summed E-state index contributed by atoms with van der Waals surface area (Å²) in [6, 6.07) is 14.1. The van der Waals surface area contributed by atoms with E-state index in [1.54, 1.807) is 42.7 Å². The molecule has 0 saturated carbocycles. The van der Waals surface area contributed by atoms with Crippen molar-refractivity contribution in [1.82, 2.24) is 10.3 Å². The highest BCUT2D eigenvalue weighted by molar-refractivity contribution is 6.05. The largest absolute Gasteiger partial charge is 0.508 e. The molecule has 0 atom stereocenters. The van der Waals surface area contributed by atoms with E-state index in [0.29, 0.717) is 5.56 Å². The number of hydrogen-bond acceptors (Lipinski definition) is 6. The number of anilines is 1. The number of phenols is 2. The number of amides is 2. The van der Waals surface area contributed by atoms with Gasteiger partial charge in [-0.15, -0.1) is 0 Å². The molecule has 29 heavy (non-hydrogen) atoms. The van der Waals surface area contributed by atoms with Gasteiger partial charge in [0.1, 0.15) is 18.1 Å². The fourth-order valence-corrected chi connectivity index (χ4v) is 2.45. The van der Waals surface area contributed by atoms with E-state index in [9.17, 15) is 19.8 Å². The van der Waals surface area contributed by atoms with Crippen molar-refractivity contribution < 1.29 is 24.5 Å². The van der Waals surface area contributed by atoms with Gasteiger partial charge in [-0.05, 0) is 35.9 Å². The average Bonchev–Trinajstić information content (AvgIpc) is 2.74. The van der Waals surface area contributed by atoms with Gasteiger partial charge in [0.05, 0.1) is 5.69 Å². The first-order valence-electron chi connectivity index (χ1n) is 8.73. The van der Waals surface area contributed by atoms with Gasteiger partial charge in [-0.2, -0.15) is 0 Å². The monoisotopic (exact) mass is 393 g/mol. The molecule has 0 fully saturated rings. The highest BCUT2D eigenvalue weighted by Gasteiger charge is 2.10. The molecule has 0 saturated heterocycles. The predicted molar refractivity (Wildman–Crippen MR) is 105 cm³/mol. The van der Waals surface area contributed by atoms with E-state index in [-0.39, 0.29) is 30.3 Å². The molecule has 2 amide bonds. The highest BCUT2D eigenvalue weighted by atomic mass is 16.5. The van der Waals surface area contributed by atoms with Crippen LogP contribution in [0.4, 0.5) is 10.5 Å². The first-order valence-corrected chi connectivity index (χ1v) is 8.73. The Bertz CT molecular complexity index is 991. The Morgan fingerprint density at radius 3 is 2.48 bits per heavy atom. The summed E-state index contributed by atoms with van der Waals surface area (Å²) in [6.45, 7) is 0.370.